The molecule has 0 atom stereocenters. The molecule has 0 aromatic rings. The van der Waals surface area contributed by atoms with Gasteiger partial charge in [0, 0.05) is 17.7 Å². The highest BCUT2D eigenvalue weighted by atomic mass is 32.2. The smallest absolute Gasteiger partial charge is 0.244 e. The van der Waals surface area contributed by atoms with Crippen molar-refractivity contribution in [3.8, 4) is 0 Å². The quantitative estimate of drug-likeness (QED) is 0.373. The van der Waals surface area contributed by atoms with Crippen molar-refractivity contribution in [1.82, 2.24) is 0 Å². The second-order valence-electron chi connectivity index (χ2n) is 4.75. The highest BCUT2D eigenvalue weighted by molar-refractivity contribution is 7.85. The first-order valence-corrected chi connectivity index (χ1v) is 7.98. The highest BCUT2D eigenvalue weighted by Crippen LogP contribution is 2.10. The Kier molecular flexibility index (Phi) is 7.25. The zero-order valence-electron chi connectivity index (χ0n) is 11.9. The van der Waals surface area contributed by atoms with Crippen LogP contribution in [-0.4, -0.2) is 55.3 Å². The normalized spacial score (nSPS) is 13.6. The molecule has 6 nitrogen and oxygen atoms in total. The van der Waals surface area contributed by atoms with Crippen LogP contribution in [0.2, 0.25) is 0 Å². The molecule has 19 heavy (non-hydrogen) atoms. The van der Waals surface area contributed by atoms with Gasteiger partial charge in [-0.3, -0.25) is 4.79 Å². The van der Waals surface area contributed by atoms with Gasteiger partial charge in [0.25, 0.3) is 0 Å². The zero-order chi connectivity index (χ0) is 15.1. The Morgan fingerprint density at radius 1 is 1.32 bits per heavy atom. The third-order valence-electron chi connectivity index (χ3n) is 3.54. The molecule has 1 amide bonds. The molecule has 0 aliphatic rings. The van der Waals surface area contributed by atoms with Crippen LogP contribution in [0.25, 0.3) is 0 Å². The Morgan fingerprint density at radius 2 is 1.84 bits per heavy atom. The highest BCUT2D eigenvalue weighted by Gasteiger charge is 2.22. The van der Waals surface area contributed by atoms with E-state index in [2.05, 4.69) is 0 Å². The fraction of sp³-hybridized carbons (Fsp3) is 0.750. The Hall–Kier alpha value is -0.920. The van der Waals surface area contributed by atoms with Crippen LogP contribution in [0.1, 0.15) is 27.2 Å². The summed E-state index contributed by atoms with van der Waals surface area (Å²) >= 11 is 0. The molecule has 0 unspecified atom stereocenters. The van der Waals surface area contributed by atoms with E-state index in [4.69, 9.17) is 5.73 Å². The van der Waals surface area contributed by atoms with E-state index in [0.29, 0.717) is 29.6 Å². The average molecular weight is 292 g/mol. The Labute approximate surface area is 115 Å². The molecule has 0 spiro atoms. The van der Waals surface area contributed by atoms with Crippen LogP contribution >= 0.6 is 0 Å². The van der Waals surface area contributed by atoms with Gasteiger partial charge in [0.2, 0.25) is 5.91 Å². The summed E-state index contributed by atoms with van der Waals surface area (Å²) in [7, 11) is -4.16. The molecule has 7 heteroatoms. The number of primary amides is 1. The number of amides is 1. The molecule has 2 N–H and O–H groups in total. The molecular formula is C12H24N2O4S. The van der Waals surface area contributed by atoms with Crippen LogP contribution in [0.4, 0.5) is 0 Å². The van der Waals surface area contributed by atoms with Gasteiger partial charge in [-0.1, -0.05) is 0 Å². The second-order valence-corrected chi connectivity index (χ2v) is 6.27. The lowest BCUT2D eigenvalue weighted by molar-refractivity contribution is -0.919. The van der Waals surface area contributed by atoms with Gasteiger partial charge in [0.1, 0.15) is 0 Å². The van der Waals surface area contributed by atoms with E-state index in [9.17, 15) is 17.8 Å². The van der Waals surface area contributed by atoms with Crippen LogP contribution in [0.5, 0.6) is 0 Å². The van der Waals surface area contributed by atoms with E-state index in [-0.39, 0.29) is 5.75 Å². The van der Waals surface area contributed by atoms with Crippen LogP contribution in [-0.2, 0) is 14.9 Å². The molecule has 112 valence electrons. The monoisotopic (exact) mass is 292 g/mol. The minimum absolute atomic E-state index is 0.330. The standard InChI is InChI=1S/C12H24N2O4S/c1-4-14(5-2,8-6-10-19(16,17)18)9-7-11(3)12(13)15/h7H,4-6,8-10H2,1-3H3,(H2-,13,15,16,17,18). The number of nitrogens with two attached hydrogens (primary N) is 1. The fourth-order valence-corrected chi connectivity index (χ4v) is 2.38. The summed E-state index contributed by atoms with van der Waals surface area (Å²) in [6, 6.07) is 0. The number of rotatable bonds is 9. The first kappa shape index (κ1) is 18.1. The number of hydrogen-bond acceptors (Lipinski definition) is 4. The molecule has 0 aromatic carbocycles. The van der Waals surface area contributed by atoms with Crippen molar-refractivity contribution >= 4 is 16.0 Å². The van der Waals surface area contributed by atoms with Crippen LogP contribution in [0.3, 0.4) is 0 Å². The molecule has 0 rings (SSSR count). The summed E-state index contributed by atoms with van der Waals surface area (Å²) in [5.41, 5.74) is 5.67. The van der Waals surface area contributed by atoms with Gasteiger partial charge in [-0.25, -0.2) is 8.42 Å². The van der Waals surface area contributed by atoms with Crippen molar-refractivity contribution in [2.75, 3.05) is 31.9 Å². The first-order valence-electron chi connectivity index (χ1n) is 6.41. The Morgan fingerprint density at radius 3 is 2.21 bits per heavy atom. The summed E-state index contributed by atoms with van der Waals surface area (Å²) in [5, 5.41) is 0. The van der Waals surface area contributed by atoms with Crippen LogP contribution in [0.15, 0.2) is 11.6 Å². The van der Waals surface area contributed by atoms with Crippen molar-refractivity contribution < 1.29 is 22.2 Å². The van der Waals surface area contributed by atoms with Gasteiger partial charge in [0.15, 0.2) is 0 Å². The zero-order valence-corrected chi connectivity index (χ0v) is 12.7. The Balaban J connectivity index is 4.67. The number of quaternary nitrogens is 1. The summed E-state index contributed by atoms with van der Waals surface area (Å²) in [4.78, 5) is 11.0. The maximum atomic E-state index is 11.0. The van der Waals surface area contributed by atoms with Crippen LogP contribution in [0, 0.1) is 0 Å². The predicted octanol–water partition coefficient (Wildman–Crippen LogP) is 0.210. The Bertz CT molecular complexity index is 425. The van der Waals surface area contributed by atoms with Crippen molar-refractivity contribution in [3.05, 3.63) is 11.6 Å². The van der Waals surface area contributed by atoms with Crippen molar-refractivity contribution in [3.63, 3.8) is 0 Å². The van der Waals surface area contributed by atoms with E-state index in [1.807, 2.05) is 13.8 Å². The molecule has 0 aliphatic carbocycles. The summed E-state index contributed by atoms with van der Waals surface area (Å²) < 4.78 is 32.5. The molecule has 0 aliphatic heterocycles. The fourth-order valence-electron chi connectivity index (χ4n) is 1.90. The summed E-state index contributed by atoms with van der Waals surface area (Å²) in [6.07, 6.45) is 2.11. The molecule has 0 aromatic heterocycles. The van der Waals surface area contributed by atoms with E-state index in [1.165, 1.54) is 0 Å². The molecule has 0 saturated carbocycles. The van der Waals surface area contributed by atoms with Crippen molar-refractivity contribution in [2.45, 2.75) is 27.2 Å². The van der Waals surface area contributed by atoms with Gasteiger partial charge in [-0.05, 0) is 26.8 Å². The molecule has 0 heterocycles. The topological polar surface area (TPSA) is 100 Å². The first-order chi connectivity index (χ1) is 8.66. The summed E-state index contributed by atoms with van der Waals surface area (Å²) in [5.74, 6) is -0.793. The second kappa shape index (κ2) is 7.62. The maximum absolute atomic E-state index is 11.0. The average Bonchev–Trinajstić information content (AvgIpc) is 2.31. The van der Waals surface area contributed by atoms with Crippen molar-refractivity contribution in [2.24, 2.45) is 5.73 Å². The number of hydrogen-bond donors (Lipinski definition) is 1. The molecule has 0 radical (unpaired) electrons. The molecular weight excluding hydrogens is 268 g/mol. The molecule has 0 saturated heterocycles. The number of nitrogens with zero attached hydrogens (tertiary/aromatic N) is 1. The maximum Gasteiger partial charge on any atom is 0.244 e. The number of carbonyl (C=O) groups excluding carboxylic acids is 1. The van der Waals surface area contributed by atoms with Crippen molar-refractivity contribution in [1.29, 1.82) is 0 Å². The van der Waals surface area contributed by atoms with Gasteiger partial charge >= 0.3 is 0 Å². The molecule has 0 fully saturated rings. The van der Waals surface area contributed by atoms with Gasteiger partial charge in [-0.15, -0.1) is 0 Å². The minimum atomic E-state index is -4.16. The third kappa shape index (κ3) is 7.29. The van der Waals surface area contributed by atoms with Crippen LogP contribution < -0.4 is 5.73 Å². The largest absolute Gasteiger partial charge is 0.748 e. The number of likely N-dealkylation sites (N-methyl/N-ethyl adjacent to an activating group) is 1. The summed E-state index contributed by atoms with van der Waals surface area (Å²) in [6.45, 7) is 8.48. The van der Waals surface area contributed by atoms with Gasteiger partial charge in [0.05, 0.1) is 36.3 Å². The van der Waals surface area contributed by atoms with E-state index in [1.54, 1.807) is 13.0 Å². The van der Waals surface area contributed by atoms with Gasteiger partial charge in [-0.2, -0.15) is 0 Å². The molecule has 0 bridgehead atoms. The lowest BCUT2D eigenvalue weighted by Crippen LogP contribution is -2.49. The van der Waals surface area contributed by atoms with E-state index in [0.717, 1.165) is 13.1 Å². The van der Waals surface area contributed by atoms with E-state index < -0.39 is 16.0 Å². The SMILES string of the molecule is CC[N+](CC)(CC=C(C)C(N)=O)CCCS(=O)(=O)[O-]. The predicted molar refractivity (Wildman–Crippen MR) is 73.2 cm³/mol. The lowest BCUT2D eigenvalue weighted by Gasteiger charge is -2.36. The third-order valence-corrected chi connectivity index (χ3v) is 4.33. The van der Waals surface area contributed by atoms with Gasteiger partial charge < -0.3 is 14.8 Å². The number of carbonyl (C=O) groups is 1. The van der Waals surface area contributed by atoms with E-state index >= 15 is 0 Å². The lowest BCUT2D eigenvalue weighted by atomic mass is 10.2. The minimum Gasteiger partial charge on any atom is -0.748 e.